The quantitative estimate of drug-likeness (QED) is 0.643. The van der Waals surface area contributed by atoms with E-state index in [0.717, 1.165) is 12.0 Å². The van der Waals surface area contributed by atoms with Gasteiger partial charge in [0.25, 0.3) is 0 Å². The summed E-state index contributed by atoms with van der Waals surface area (Å²) in [4.78, 5) is 11.0. The van der Waals surface area contributed by atoms with E-state index in [2.05, 4.69) is 5.32 Å². The highest BCUT2D eigenvalue weighted by Gasteiger charge is 2.29. The second-order valence-electron chi connectivity index (χ2n) is 3.93. The molecule has 1 heterocycles. The van der Waals surface area contributed by atoms with Gasteiger partial charge in [0.15, 0.2) is 0 Å². The van der Waals surface area contributed by atoms with Gasteiger partial charge in [0.2, 0.25) is 0 Å². The second kappa shape index (κ2) is 3.55. The fourth-order valence-corrected chi connectivity index (χ4v) is 2.00. The summed E-state index contributed by atoms with van der Waals surface area (Å²) in [5.74, 6) is -0.801. The normalized spacial score (nSPS) is 24.6. The van der Waals surface area contributed by atoms with Crippen LogP contribution in [0.2, 0.25) is 0 Å². The van der Waals surface area contributed by atoms with Crippen molar-refractivity contribution in [3.8, 4) is 5.75 Å². The predicted octanol–water partition coefficient (Wildman–Crippen LogP) is 1.05. The van der Waals surface area contributed by atoms with Gasteiger partial charge in [-0.1, -0.05) is 6.07 Å². The molecule has 1 aliphatic rings. The molecule has 15 heavy (non-hydrogen) atoms. The molecular weight excluding hydrogens is 194 g/mol. The summed E-state index contributed by atoms with van der Waals surface area (Å²) >= 11 is 0. The molecule has 0 aromatic heterocycles. The molecule has 0 aliphatic carbocycles. The van der Waals surface area contributed by atoms with Crippen molar-refractivity contribution in [1.29, 1.82) is 0 Å². The molecule has 0 amide bonds. The first-order valence-corrected chi connectivity index (χ1v) is 4.88. The monoisotopic (exact) mass is 207 g/mol. The number of phenolic OH excluding ortho intramolecular Hbond substituents is 1. The topological polar surface area (TPSA) is 69.6 Å². The minimum Gasteiger partial charge on any atom is -0.508 e. The van der Waals surface area contributed by atoms with Gasteiger partial charge < -0.3 is 10.2 Å². The number of nitrogens with one attached hydrogen (secondary N) is 1. The zero-order chi connectivity index (χ0) is 11.0. The van der Waals surface area contributed by atoms with E-state index in [-0.39, 0.29) is 11.8 Å². The van der Waals surface area contributed by atoms with Gasteiger partial charge in [-0.05, 0) is 36.6 Å². The summed E-state index contributed by atoms with van der Waals surface area (Å²) in [7, 11) is 0. The Hall–Kier alpha value is -1.55. The Bertz CT molecular complexity index is 403. The van der Waals surface area contributed by atoms with Crippen LogP contribution >= 0.6 is 0 Å². The van der Waals surface area contributed by atoms with Crippen LogP contribution in [0.15, 0.2) is 18.2 Å². The van der Waals surface area contributed by atoms with Crippen molar-refractivity contribution < 1.29 is 15.0 Å². The molecule has 0 saturated carbocycles. The number of carbonyl (C=O) groups is 1. The van der Waals surface area contributed by atoms with Crippen LogP contribution in [0, 0.1) is 0 Å². The van der Waals surface area contributed by atoms with Crippen molar-refractivity contribution in [1.82, 2.24) is 5.32 Å². The minimum absolute atomic E-state index is 0.108. The van der Waals surface area contributed by atoms with Crippen LogP contribution in [0.3, 0.4) is 0 Å². The summed E-state index contributed by atoms with van der Waals surface area (Å²) in [6.07, 6.45) is 0.791. The standard InChI is InChI=1S/C11H13NO3/c1-6-4-7-2-3-8(13)5-9(7)10(12-6)11(14)15/h2-3,5-6,10,12-13H,4H2,1H3,(H,14,15)/t6-,10?/m0/s1. The van der Waals surface area contributed by atoms with Gasteiger partial charge in [-0.3, -0.25) is 10.1 Å². The lowest BCUT2D eigenvalue weighted by Crippen LogP contribution is -2.41. The Morgan fingerprint density at radius 3 is 2.93 bits per heavy atom. The molecule has 1 aliphatic heterocycles. The minimum atomic E-state index is -0.909. The predicted molar refractivity (Wildman–Crippen MR) is 54.8 cm³/mol. The summed E-state index contributed by atoms with van der Waals surface area (Å²) < 4.78 is 0. The van der Waals surface area contributed by atoms with E-state index in [1.165, 1.54) is 6.07 Å². The Balaban J connectivity index is 2.47. The lowest BCUT2D eigenvalue weighted by atomic mass is 9.90. The van der Waals surface area contributed by atoms with Crippen molar-refractivity contribution in [3.05, 3.63) is 29.3 Å². The Labute approximate surface area is 87.6 Å². The summed E-state index contributed by atoms with van der Waals surface area (Å²) in [5.41, 5.74) is 1.66. The van der Waals surface area contributed by atoms with Crippen LogP contribution in [0.4, 0.5) is 0 Å². The molecule has 80 valence electrons. The summed E-state index contributed by atoms with van der Waals surface area (Å²) in [6, 6.07) is 4.33. The van der Waals surface area contributed by atoms with Crippen LogP contribution in [-0.4, -0.2) is 22.2 Å². The van der Waals surface area contributed by atoms with E-state index in [9.17, 15) is 9.90 Å². The van der Waals surface area contributed by atoms with E-state index >= 15 is 0 Å². The number of fused-ring (bicyclic) bond motifs is 1. The molecule has 4 nitrogen and oxygen atoms in total. The smallest absolute Gasteiger partial charge is 0.325 e. The van der Waals surface area contributed by atoms with E-state index in [0.29, 0.717) is 5.56 Å². The molecule has 0 bridgehead atoms. The van der Waals surface area contributed by atoms with Crippen LogP contribution in [0.25, 0.3) is 0 Å². The summed E-state index contributed by atoms with van der Waals surface area (Å²) in [6.45, 7) is 1.95. The number of carboxylic acid groups (broad SMARTS) is 1. The fraction of sp³-hybridized carbons (Fsp3) is 0.364. The highest BCUT2D eigenvalue weighted by atomic mass is 16.4. The Morgan fingerprint density at radius 1 is 1.53 bits per heavy atom. The van der Waals surface area contributed by atoms with Gasteiger partial charge >= 0.3 is 5.97 Å². The molecule has 0 radical (unpaired) electrons. The Morgan fingerprint density at radius 2 is 2.27 bits per heavy atom. The maximum Gasteiger partial charge on any atom is 0.325 e. The average Bonchev–Trinajstić information content (AvgIpc) is 2.17. The lowest BCUT2D eigenvalue weighted by molar-refractivity contribution is -0.140. The van der Waals surface area contributed by atoms with E-state index in [1.807, 2.05) is 6.92 Å². The van der Waals surface area contributed by atoms with Crippen molar-refractivity contribution in [2.45, 2.75) is 25.4 Å². The van der Waals surface area contributed by atoms with Gasteiger partial charge in [-0.2, -0.15) is 0 Å². The van der Waals surface area contributed by atoms with Gasteiger partial charge in [0.05, 0.1) is 0 Å². The van der Waals surface area contributed by atoms with Crippen LogP contribution in [0.5, 0.6) is 5.75 Å². The summed E-state index contributed by atoms with van der Waals surface area (Å²) in [5, 5.41) is 21.4. The molecule has 1 unspecified atom stereocenters. The molecule has 3 N–H and O–H groups in total. The first-order valence-electron chi connectivity index (χ1n) is 4.88. The number of hydrogen-bond donors (Lipinski definition) is 3. The van der Waals surface area contributed by atoms with Gasteiger partial charge in [0, 0.05) is 6.04 Å². The average molecular weight is 207 g/mol. The first-order chi connectivity index (χ1) is 7.08. The zero-order valence-corrected chi connectivity index (χ0v) is 8.40. The van der Waals surface area contributed by atoms with Crippen molar-refractivity contribution in [3.63, 3.8) is 0 Å². The molecule has 0 saturated heterocycles. The molecule has 0 spiro atoms. The van der Waals surface area contributed by atoms with Crippen molar-refractivity contribution in [2.24, 2.45) is 0 Å². The number of phenols is 1. The molecule has 2 atom stereocenters. The lowest BCUT2D eigenvalue weighted by Gasteiger charge is -2.28. The number of aliphatic carboxylic acids is 1. The number of aromatic hydroxyl groups is 1. The molecule has 4 heteroatoms. The number of hydrogen-bond acceptors (Lipinski definition) is 3. The number of carboxylic acids is 1. The van der Waals surface area contributed by atoms with E-state index in [1.54, 1.807) is 12.1 Å². The van der Waals surface area contributed by atoms with Crippen molar-refractivity contribution in [2.75, 3.05) is 0 Å². The molecule has 0 fully saturated rings. The first kappa shape index (κ1) is 9.98. The van der Waals surface area contributed by atoms with Gasteiger partial charge in [0.1, 0.15) is 11.8 Å². The molecular formula is C11H13NO3. The molecule has 2 rings (SSSR count). The maximum absolute atomic E-state index is 11.0. The highest BCUT2D eigenvalue weighted by Crippen LogP contribution is 2.28. The van der Waals surface area contributed by atoms with E-state index in [4.69, 9.17) is 5.11 Å². The van der Waals surface area contributed by atoms with Gasteiger partial charge in [-0.15, -0.1) is 0 Å². The molecule has 1 aromatic carbocycles. The SMILES string of the molecule is C[C@H]1Cc2ccc(O)cc2C(C(=O)O)N1. The van der Waals surface area contributed by atoms with Crippen LogP contribution in [0.1, 0.15) is 24.1 Å². The highest BCUT2D eigenvalue weighted by molar-refractivity contribution is 5.77. The fourth-order valence-electron chi connectivity index (χ4n) is 2.00. The third-order valence-corrected chi connectivity index (χ3v) is 2.66. The van der Waals surface area contributed by atoms with Gasteiger partial charge in [-0.25, -0.2) is 0 Å². The number of rotatable bonds is 1. The van der Waals surface area contributed by atoms with Crippen LogP contribution < -0.4 is 5.32 Å². The third kappa shape index (κ3) is 1.80. The largest absolute Gasteiger partial charge is 0.508 e. The van der Waals surface area contributed by atoms with Crippen molar-refractivity contribution >= 4 is 5.97 Å². The Kier molecular flexibility index (Phi) is 2.36. The zero-order valence-electron chi connectivity index (χ0n) is 8.40. The number of benzene rings is 1. The van der Waals surface area contributed by atoms with E-state index < -0.39 is 12.0 Å². The molecule has 1 aromatic rings. The third-order valence-electron chi connectivity index (χ3n) is 2.66. The van der Waals surface area contributed by atoms with Crippen LogP contribution in [-0.2, 0) is 11.2 Å². The maximum atomic E-state index is 11.0. The second-order valence-corrected chi connectivity index (χ2v) is 3.93.